The summed E-state index contributed by atoms with van der Waals surface area (Å²) in [6, 6.07) is 8.11. The van der Waals surface area contributed by atoms with Crippen LogP contribution in [0.4, 0.5) is 0 Å². The minimum Gasteiger partial charge on any atom is -0.492 e. The van der Waals surface area contributed by atoms with Crippen LogP contribution in [-0.4, -0.2) is 32.7 Å². The molecule has 1 aromatic rings. The highest BCUT2D eigenvalue weighted by molar-refractivity contribution is 5.76. The molecule has 1 amide bonds. The first-order chi connectivity index (χ1) is 9.43. The third-order valence-corrected chi connectivity index (χ3v) is 3.00. The number of amides is 1. The van der Waals surface area contributed by atoms with E-state index in [1.807, 2.05) is 19.2 Å². The molecular formula is C16H26N2O2. The van der Waals surface area contributed by atoms with Crippen molar-refractivity contribution in [3.8, 4) is 5.75 Å². The van der Waals surface area contributed by atoms with E-state index in [1.54, 1.807) is 0 Å². The summed E-state index contributed by atoms with van der Waals surface area (Å²) < 4.78 is 5.67. The SMILES string of the molecule is CNCCC(=O)NCCOc1cccc(C(C)(C)C)c1. The molecule has 4 heteroatoms. The van der Waals surface area contributed by atoms with E-state index in [0.717, 1.165) is 5.75 Å². The predicted molar refractivity (Wildman–Crippen MR) is 82.2 cm³/mol. The summed E-state index contributed by atoms with van der Waals surface area (Å²) in [5, 5.41) is 5.77. The van der Waals surface area contributed by atoms with Crippen LogP contribution in [0.5, 0.6) is 5.75 Å². The third-order valence-electron chi connectivity index (χ3n) is 3.00. The molecule has 0 fully saturated rings. The zero-order chi connectivity index (χ0) is 15.0. The van der Waals surface area contributed by atoms with Gasteiger partial charge in [-0.3, -0.25) is 4.79 Å². The van der Waals surface area contributed by atoms with Crippen LogP contribution in [0.1, 0.15) is 32.8 Å². The molecule has 0 aliphatic heterocycles. The molecule has 112 valence electrons. The van der Waals surface area contributed by atoms with Crippen LogP contribution in [0, 0.1) is 0 Å². The second-order valence-corrected chi connectivity index (χ2v) is 5.83. The number of benzene rings is 1. The predicted octanol–water partition coefficient (Wildman–Crippen LogP) is 2.09. The first-order valence-corrected chi connectivity index (χ1v) is 7.08. The Balaban J connectivity index is 2.34. The van der Waals surface area contributed by atoms with Gasteiger partial charge in [0.05, 0.1) is 6.54 Å². The second kappa shape index (κ2) is 7.90. The van der Waals surface area contributed by atoms with Crippen molar-refractivity contribution in [1.29, 1.82) is 0 Å². The standard InChI is InChI=1S/C16H26N2O2/c1-16(2,3)13-6-5-7-14(12-13)20-11-10-18-15(19)8-9-17-4/h5-7,12,17H,8-11H2,1-4H3,(H,18,19). The lowest BCUT2D eigenvalue weighted by atomic mass is 9.87. The van der Waals surface area contributed by atoms with Crippen LogP contribution in [0.2, 0.25) is 0 Å². The minimum atomic E-state index is 0.0476. The van der Waals surface area contributed by atoms with Crippen molar-refractivity contribution in [2.45, 2.75) is 32.6 Å². The largest absolute Gasteiger partial charge is 0.492 e. The van der Waals surface area contributed by atoms with Crippen LogP contribution in [0.3, 0.4) is 0 Å². The number of nitrogens with one attached hydrogen (secondary N) is 2. The molecule has 0 unspecified atom stereocenters. The molecule has 0 spiro atoms. The van der Waals surface area contributed by atoms with Crippen molar-refractivity contribution >= 4 is 5.91 Å². The van der Waals surface area contributed by atoms with Gasteiger partial charge in [-0.05, 0) is 30.2 Å². The summed E-state index contributed by atoms with van der Waals surface area (Å²) in [6.45, 7) is 8.23. The van der Waals surface area contributed by atoms with Crippen LogP contribution < -0.4 is 15.4 Å². The van der Waals surface area contributed by atoms with Crippen LogP contribution in [0.25, 0.3) is 0 Å². The van der Waals surface area contributed by atoms with E-state index in [4.69, 9.17) is 4.74 Å². The Morgan fingerprint density at radius 3 is 2.65 bits per heavy atom. The second-order valence-electron chi connectivity index (χ2n) is 5.83. The fraction of sp³-hybridized carbons (Fsp3) is 0.562. The first-order valence-electron chi connectivity index (χ1n) is 7.08. The van der Waals surface area contributed by atoms with Crippen molar-refractivity contribution in [2.75, 3.05) is 26.7 Å². The maximum atomic E-state index is 11.4. The topological polar surface area (TPSA) is 50.4 Å². The van der Waals surface area contributed by atoms with Gasteiger partial charge in [0.25, 0.3) is 0 Å². The Morgan fingerprint density at radius 1 is 1.25 bits per heavy atom. The maximum Gasteiger partial charge on any atom is 0.221 e. The number of hydrogen-bond acceptors (Lipinski definition) is 3. The lowest BCUT2D eigenvalue weighted by Crippen LogP contribution is -2.30. The number of rotatable bonds is 7. The maximum absolute atomic E-state index is 11.4. The fourth-order valence-corrected chi connectivity index (χ4v) is 1.74. The lowest BCUT2D eigenvalue weighted by molar-refractivity contribution is -0.121. The fourth-order valence-electron chi connectivity index (χ4n) is 1.74. The molecule has 0 heterocycles. The van der Waals surface area contributed by atoms with Crippen molar-refractivity contribution in [3.63, 3.8) is 0 Å². The Morgan fingerprint density at radius 2 is 2.00 bits per heavy atom. The highest BCUT2D eigenvalue weighted by Crippen LogP contribution is 2.25. The summed E-state index contributed by atoms with van der Waals surface area (Å²) in [6.07, 6.45) is 0.496. The van der Waals surface area contributed by atoms with Gasteiger partial charge in [0.1, 0.15) is 12.4 Å². The molecule has 0 aliphatic carbocycles. The minimum absolute atomic E-state index is 0.0476. The van der Waals surface area contributed by atoms with Crippen molar-refractivity contribution in [2.24, 2.45) is 0 Å². The molecule has 0 saturated heterocycles. The summed E-state index contributed by atoms with van der Waals surface area (Å²) in [4.78, 5) is 11.4. The molecule has 0 aliphatic rings. The van der Waals surface area contributed by atoms with Gasteiger partial charge >= 0.3 is 0 Å². The van der Waals surface area contributed by atoms with Gasteiger partial charge < -0.3 is 15.4 Å². The highest BCUT2D eigenvalue weighted by atomic mass is 16.5. The Labute approximate surface area is 121 Å². The molecule has 0 bridgehead atoms. The smallest absolute Gasteiger partial charge is 0.221 e. The highest BCUT2D eigenvalue weighted by Gasteiger charge is 2.13. The molecule has 0 radical (unpaired) electrons. The van der Waals surface area contributed by atoms with Crippen molar-refractivity contribution < 1.29 is 9.53 Å². The number of carbonyl (C=O) groups excluding carboxylic acids is 1. The van der Waals surface area contributed by atoms with E-state index in [2.05, 4.69) is 43.5 Å². The molecule has 1 aromatic carbocycles. The van der Waals surface area contributed by atoms with Gasteiger partial charge in [-0.1, -0.05) is 32.9 Å². The van der Waals surface area contributed by atoms with E-state index in [9.17, 15) is 4.79 Å². The molecular weight excluding hydrogens is 252 g/mol. The van der Waals surface area contributed by atoms with Crippen molar-refractivity contribution in [1.82, 2.24) is 10.6 Å². The van der Waals surface area contributed by atoms with E-state index in [1.165, 1.54) is 5.56 Å². The third kappa shape index (κ3) is 6.06. The van der Waals surface area contributed by atoms with Crippen molar-refractivity contribution in [3.05, 3.63) is 29.8 Å². The summed E-state index contributed by atoms with van der Waals surface area (Å²) >= 11 is 0. The molecule has 0 saturated carbocycles. The number of ether oxygens (including phenoxy) is 1. The van der Waals surface area contributed by atoms with E-state index < -0.39 is 0 Å². The molecule has 20 heavy (non-hydrogen) atoms. The van der Waals surface area contributed by atoms with E-state index in [-0.39, 0.29) is 11.3 Å². The molecule has 0 aromatic heterocycles. The van der Waals surface area contributed by atoms with Gasteiger partial charge in [-0.2, -0.15) is 0 Å². The Bertz CT molecular complexity index is 425. The molecule has 1 rings (SSSR count). The quantitative estimate of drug-likeness (QED) is 0.751. The van der Waals surface area contributed by atoms with E-state index in [0.29, 0.717) is 26.1 Å². The Kier molecular flexibility index (Phi) is 6.52. The van der Waals surface area contributed by atoms with Gasteiger partial charge in [-0.25, -0.2) is 0 Å². The first kappa shape index (κ1) is 16.5. The van der Waals surface area contributed by atoms with Gasteiger partial charge in [0.2, 0.25) is 5.91 Å². The van der Waals surface area contributed by atoms with Gasteiger partial charge in [0.15, 0.2) is 0 Å². The summed E-state index contributed by atoms with van der Waals surface area (Å²) in [7, 11) is 1.83. The molecule has 4 nitrogen and oxygen atoms in total. The van der Waals surface area contributed by atoms with Crippen LogP contribution >= 0.6 is 0 Å². The summed E-state index contributed by atoms with van der Waals surface area (Å²) in [5.74, 6) is 0.897. The zero-order valence-corrected chi connectivity index (χ0v) is 13.0. The van der Waals surface area contributed by atoms with Crippen LogP contribution in [-0.2, 0) is 10.2 Å². The zero-order valence-electron chi connectivity index (χ0n) is 13.0. The lowest BCUT2D eigenvalue weighted by Gasteiger charge is -2.19. The van der Waals surface area contributed by atoms with E-state index >= 15 is 0 Å². The average Bonchev–Trinajstić information content (AvgIpc) is 2.41. The molecule has 2 N–H and O–H groups in total. The van der Waals surface area contributed by atoms with Crippen LogP contribution in [0.15, 0.2) is 24.3 Å². The number of carbonyl (C=O) groups is 1. The monoisotopic (exact) mass is 278 g/mol. The normalized spacial score (nSPS) is 11.2. The average molecular weight is 278 g/mol. The number of hydrogen-bond donors (Lipinski definition) is 2. The Hall–Kier alpha value is -1.55. The van der Waals surface area contributed by atoms with Gasteiger partial charge in [-0.15, -0.1) is 0 Å². The molecule has 0 atom stereocenters. The van der Waals surface area contributed by atoms with Gasteiger partial charge in [0, 0.05) is 13.0 Å². The summed E-state index contributed by atoms with van der Waals surface area (Å²) in [5.41, 5.74) is 1.36.